The number of ether oxygens (including phenoxy) is 1. The minimum Gasteiger partial charge on any atom is -0.379 e. The molecule has 132 valence electrons. The van der Waals surface area contributed by atoms with Crippen molar-refractivity contribution < 1.29 is 14.3 Å². The highest BCUT2D eigenvalue weighted by molar-refractivity contribution is 5.92. The third-order valence-electron chi connectivity index (χ3n) is 4.68. The van der Waals surface area contributed by atoms with Gasteiger partial charge in [-0.3, -0.25) is 14.3 Å². The number of hydrogen-bond acceptors (Lipinski definition) is 4. The van der Waals surface area contributed by atoms with E-state index in [4.69, 9.17) is 4.74 Å². The standard InChI is InChI=1S/C17H26N4O3/c1-11-14(12(2)20(4)19-11)6-7-17(23)21-9-13(8-16(22)18-3)15(10-21)24-5/h6-7,13,15H,8-10H2,1-5H3,(H,18,22)/b7-6+/t13-,15-/m0/s1. The van der Waals surface area contributed by atoms with Crippen LogP contribution in [0.5, 0.6) is 0 Å². The van der Waals surface area contributed by atoms with E-state index < -0.39 is 0 Å². The second-order valence-electron chi connectivity index (χ2n) is 6.20. The van der Waals surface area contributed by atoms with Gasteiger partial charge in [-0.15, -0.1) is 0 Å². The number of carbonyl (C=O) groups excluding carboxylic acids is 2. The second-order valence-corrected chi connectivity index (χ2v) is 6.20. The quantitative estimate of drug-likeness (QED) is 0.803. The number of hydrogen-bond donors (Lipinski definition) is 1. The van der Waals surface area contributed by atoms with Gasteiger partial charge in [-0.25, -0.2) is 0 Å². The predicted octanol–water partition coefficient (Wildman–Crippen LogP) is 0.660. The summed E-state index contributed by atoms with van der Waals surface area (Å²) in [6.07, 6.45) is 3.64. The highest BCUT2D eigenvalue weighted by Crippen LogP contribution is 2.23. The van der Waals surface area contributed by atoms with E-state index in [9.17, 15) is 9.59 Å². The first-order chi connectivity index (χ1) is 11.4. The van der Waals surface area contributed by atoms with Crippen molar-refractivity contribution in [3.05, 3.63) is 23.0 Å². The Labute approximate surface area is 142 Å². The molecular formula is C17H26N4O3. The highest BCUT2D eigenvalue weighted by Gasteiger charge is 2.35. The van der Waals surface area contributed by atoms with Crippen molar-refractivity contribution in [2.45, 2.75) is 26.4 Å². The molecule has 1 aromatic heterocycles. The van der Waals surface area contributed by atoms with Crippen molar-refractivity contribution in [2.75, 3.05) is 27.2 Å². The lowest BCUT2D eigenvalue weighted by atomic mass is 10.0. The molecule has 0 aromatic carbocycles. The van der Waals surface area contributed by atoms with Crippen molar-refractivity contribution in [2.24, 2.45) is 13.0 Å². The molecule has 1 N–H and O–H groups in total. The van der Waals surface area contributed by atoms with E-state index in [1.165, 1.54) is 0 Å². The number of amides is 2. The molecule has 0 bridgehead atoms. The number of nitrogens with zero attached hydrogens (tertiary/aromatic N) is 3. The fourth-order valence-corrected chi connectivity index (χ4v) is 3.12. The summed E-state index contributed by atoms with van der Waals surface area (Å²) in [6, 6.07) is 0. The predicted molar refractivity (Wildman–Crippen MR) is 91.3 cm³/mol. The lowest BCUT2D eigenvalue weighted by Gasteiger charge is -2.14. The maximum absolute atomic E-state index is 12.5. The summed E-state index contributed by atoms with van der Waals surface area (Å²) in [5.74, 6) is -0.0817. The summed E-state index contributed by atoms with van der Waals surface area (Å²) in [7, 11) is 5.12. The fraction of sp³-hybridized carbons (Fsp3) is 0.588. The summed E-state index contributed by atoms with van der Waals surface area (Å²) in [5, 5.41) is 6.96. The van der Waals surface area contributed by atoms with E-state index in [1.807, 2.05) is 27.0 Å². The van der Waals surface area contributed by atoms with Crippen LogP contribution in [0.1, 0.15) is 23.4 Å². The topological polar surface area (TPSA) is 76.5 Å². The Morgan fingerprint density at radius 2 is 2.08 bits per heavy atom. The van der Waals surface area contributed by atoms with Crippen LogP contribution in [0.3, 0.4) is 0 Å². The molecule has 1 aliphatic heterocycles. The van der Waals surface area contributed by atoms with E-state index in [0.29, 0.717) is 19.5 Å². The molecule has 2 atom stereocenters. The highest BCUT2D eigenvalue weighted by atomic mass is 16.5. The van der Waals surface area contributed by atoms with E-state index in [0.717, 1.165) is 17.0 Å². The Bertz CT molecular complexity index is 651. The fourth-order valence-electron chi connectivity index (χ4n) is 3.12. The first-order valence-electron chi connectivity index (χ1n) is 8.08. The molecule has 7 nitrogen and oxygen atoms in total. The molecule has 2 heterocycles. The second kappa shape index (κ2) is 7.61. The van der Waals surface area contributed by atoms with Gasteiger partial charge in [0.05, 0.1) is 11.8 Å². The van der Waals surface area contributed by atoms with Crippen LogP contribution >= 0.6 is 0 Å². The van der Waals surface area contributed by atoms with Gasteiger partial charge in [-0.1, -0.05) is 0 Å². The molecule has 2 rings (SSSR count). The van der Waals surface area contributed by atoms with Gasteiger partial charge < -0.3 is 15.0 Å². The number of nitrogens with one attached hydrogen (secondary N) is 1. The summed E-state index contributed by atoms with van der Waals surface area (Å²) in [4.78, 5) is 25.8. The smallest absolute Gasteiger partial charge is 0.246 e. The van der Waals surface area contributed by atoms with Gasteiger partial charge in [0.15, 0.2) is 0 Å². The molecule has 2 amide bonds. The first-order valence-corrected chi connectivity index (χ1v) is 8.08. The molecule has 0 spiro atoms. The van der Waals surface area contributed by atoms with Crippen LogP contribution in [0, 0.1) is 19.8 Å². The minimum absolute atomic E-state index is 0.0224. The van der Waals surface area contributed by atoms with Crippen LogP contribution in [-0.2, 0) is 21.4 Å². The Balaban J connectivity index is 2.05. The van der Waals surface area contributed by atoms with Crippen molar-refractivity contribution in [3.63, 3.8) is 0 Å². The normalized spacial score (nSPS) is 20.8. The number of aromatic nitrogens is 2. The Hall–Kier alpha value is -2.15. The zero-order chi connectivity index (χ0) is 17.9. The summed E-state index contributed by atoms with van der Waals surface area (Å²) >= 11 is 0. The summed E-state index contributed by atoms with van der Waals surface area (Å²) < 4.78 is 7.24. The Morgan fingerprint density at radius 1 is 1.38 bits per heavy atom. The first kappa shape index (κ1) is 18.2. The van der Waals surface area contributed by atoms with E-state index in [-0.39, 0.29) is 23.8 Å². The zero-order valence-corrected chi connectivity index (χ0v) is 15.0. The Kier molecular flexibility index (Phi) is 5.77. The van der Waals surface area contributed by atoms with Crippen LogP contribution in [0.2, 0.25) is 0 Å². The van der Waals surface area contributed by atoms with Gasteiger partial charge in [-0.05, 0) is 19.9 Å². The maximum Gasteiger partial charge on any atom is 0.246 e. The van der Waals surface area contributed by atoms with E-state index in [1.54, 1.807) is 29.8 Å². The summed E-state index contributed by atoms with van der Waals surface area (Å²) in [5.41, 5.74) is 2.88. The van der Waals surface area contributed by atoms with Gasteiger partial charge in [0, 0.05) is 64.0 Å². The molecule has 1 aromatic rings. The minimum atomic E-state index is -0.110. The Morgan fingerprint density at radius 3 is 2.62 bits per heavy atom. The van der Waals surface area contributed by atoms with Crippen LogP contribution in [-0.4, -0.2) is 59.8 Å². The molecule has 24 heavy (non-hydrogen) atoms. The zero-order valence-electron chi connectivity index (χ0n) is 15.0. The summed E-state index contributed by atoms with van der Waals surface area (Å²) in [6.45, 7) is 4.93. The van der Waals surface area contributed by atoms with Crippen LogP contribution in [0.25, 0.3) is 6.08 Å². The molecule has 0 radical (unpaired) electrons. The molecule has 0 saturated carbocycles. The number of likely N-dealkylation sites (tertiary alicyclic amines) is 1. The van der Waals surface area contributed by atoms with Crippen molar-refractivity contribution in [1.82, 2.24) is 20.0 Å². The molecule has 7 heteroatoms. The van der Waals surface area contributed by atoms with Gasteiger partial charge >= 0.3 is 0 Å². The molecule has 0 unspecified atom stereocenters. The van der Waals surface area contributed by atoms with E-state index in [2.05, 4.69) is 10.4 Å². The largest absolute Gasteiger partial charge is 0.379 e. The lowest BCUT2D eigenvalue weighted by molar-refractivity contribution is -0.126. The molecule has 1 fully saturated rings. The molecular weight excluding hydrogens is 308 g/mol. The molecule has 0 aliphatic carbocycles. The average molecular weight is 334 g/mol. The van der Waals surface area contributed by atoms with Gasteiger partial charge in [-0.2, -0.15) is 5.10 Å². The molecule has 1 saturated heterocycles. The van der Waals surface area contributed by atoms with Crippen LogP contribution in [0.15, 0.2) is 6.08 Å². The maximum atomic E-state index is 12.5. The number of aryl methyl sites for hydroxylation is 2. The average Bonchev–Trinajstić information content (AvgIpc) is 3.06. The lowest BCUT2D eigenvalue weighted by Crippen LogP contribution is -2.28. The van der Waals surface area contributed by atoms with Crippen LogP contribution < -0.4 is 5.32 Å². The van der Waals surface area contributed by atoms with Gasteiger partial charge in [0.2, 0.25) is 11.8 Å². The third kappa shape index (κ3) is 3.84. The van der Waals surface area contributed by atoms with Crippen molar-refractivity contribution in [3.8, 4) is 0 Å². The monoisotopic (exact) mass is 334 g/mol. The SMILES string of the molecule is CNC(=O)C[C@H]1CN(C(=O)/C=C/c2c(C)nn(C)c2C)C[C@@H]1OC. The number of carbonyl (C=O) groups is 2. The molecule has 1 aliphatic rings. The van der Waals surface area contributed by atoms with Crippen LogP contribution in [0.4, 0.5) is 0 Å². The van der Waals surface area contributed by atoms with E-state index >= 15 is 0 Å². The number of methoxy groups -OCH3 is 1. The van der Waals surface area contributed by atoms with Gasteiger partial charge in [0.1, 0.15) is 0 Å². The van der Waals surface area contributed by atoms with Gasteiger partial charge in [0.25, 0.3) is 0 Å². The van der Waals surface area contributed by atoms with Crippen molar-refractivity contribution >= 4 is 17.9 Å². The van der Waals surface area contributed by atoms with Crippen molar-refractivity contribution in [1.29, 1.82) is 0 Å². The number of rotatable bonds is 5. The third-order valence-corrected chi connectivity index (χ3v) is 4.68.